The van der Waals surface area contributed by atoms with E-state index in [0.29, 0.717) is 11.9 Å². The normalized spacial score (nSPS) is 16.0. The summed E-state index contributed by atoms with van der Waals surface area (Å²) in [5.74, 6) is -2.38. The van der Waals surface area contributed by atoms with Crippen LogP contribution in [0.25, 0.3) is 0 Å². The molecule has 26 heavy (non-hydrogen) atoms. The number of imidazole rings is 1. The van der Waals surface area contributed by atoms with Crippen molar-refractivity contribution in [1.82, 2.24) is 13.9 Å². The summed E-state index contributed by atoms with van der Waals surface area (Å²) in [4.78, 5) is 15.5. The molecule has 3 rings (SSSR count). The van der Waals surface area contributed by atoms with E-state index in [2.05, 4.69) is 4.98 Å². The molecule has 12 heteroatoms. The number of benzene rings is 1. The highest BCUT2D eigenvalue weighted by Crippen LogP contribution is 2.28. The minimum atomic E-state index is -3.99. The third-order valence-electron chi connectivity index (χ3n) is 4.13. The lowest BCUT2D eigenvalue weighted by molar-refractivity contribution is -0.388. The van der Waals surface area contributed by atoms with Crippen LogP contribution in [0.1, 0.15) is 0 Å². The van der Waals surface area contributed by atoms with E-state index in [1.807, 2.05) is 0 Å². The lowest BCUT2D eigenvalue weighted by Gasteiger charge is -2.34. The fourth-order valence-electron chi connectivity index (χ4n) is 2.83. The van der Waals surface area contributed by atoms with Crippen molar-refractivity contribution in [2.45, 2.75) is 4.90 Å². The second-order valence-electron chi connectivity index (χ2n) is 5.73. The van der Waals surface area contributed by atoms with Crippen LogP contribution in [-0.4, -0.2) is 53.4 Å². The van der Waals surface area contributed by atoms with Gasteiger partial charge in [-0.05, 0) is 28.1 Å². The first-order valence-electron chi connectivity index (χ1n) is 7.57. The van der Waals surface area contributed by atoms with Crippen LogP contribution in [-0.2, 0) is 17.1 Å². The van der Waals surface area contributed by atoms with E-state index in [1.54, 1.807) is 11.9 Å². The van der Waals surface area contributed by atoms with E-state index < -0.39 is 26.6 Å². The summed E-state index contributed by atoms with van der Waals surface area (Å²) in [6.45, 7) is 0.486. The van der Waals surface area contributed by atoms with Crippen LogP contribution < -0.4 is 4.90 Å². The van der Waals surface area contributed by atoms with Crippen molar-refractivity contribution >= 4 is 21.7 Å². The molecule has 0 saturated carbocycles. The van der Waals surface area contributed by atoms with Crippen LogP contribution in [0, 0.1) is 21.7 Å². The van der Waals surface area contributed by atoms with Gasteiger partial charge in [0.2, 0.25) is 22.2 Å². The Balaban J connectivity index is 1.79. The Labute approximate surface area is 147 Å². The number of halogens is 2. The molecule has 0 atom stereocenters. The van der Waals surface area contributed by atoms with Gasteiger partial charge in [0.1, 0.15) is 0 Å². The third-order valence-corrected chi connectivity index (χ3v) is 6.02. The van der Waals surface area contributed by atoms with E-state index in [4.69, 9.17) is 0 Å². The number of hydrogen-bond donors (Lipinski definition) is 0. The third kappa shape index (κ3) is 3.12. The number of aromatic nitrogens is 2. The first-order valence-corrected chi connectivity index (χ1v) is 9.01. The zero-order valence-electron chi connectivity index (χ0n) is 13.7. The predicted octanol–water partition coefficient (Wildman–Crippen LogP) is 1.12. The van der Waals surface area contributed by atoms with Gasteiger partial charge in [-0.3, -0.25) is 4.57 Å². The summed E-state index contributed by atoms with van der Waals surface area (Å²) in [7, 11) is -2.38. The Bertz CT molecular complexity index is 954. The van der Waals surface area contributed by atoms with Crippen LogP contribution >= 0.6 is 0 Å². The fourth-order valence-corrected chi connectivity index (χ4v) is 4.27. The zero-order valence-corrected chi connectivity index (χ0v) is 14.5. The van der Waals surface area contributed by atoms with Crippen molar-refractivity contribution in [3.8, 4) is 0 Å². The molecule has 1 fully saturated rings. The molecule has 0 spiro atoms. The van der Waals surface area contributed by atoms with Crippen LogP contribution in [0.5, 0.6) is 0 Å². The van der Waals surface area contributed by atoms with Gasteiger partial charge < -0.3 is 15.0 Å². The topological polar surface area (TPSA) is 102 Å². The van der Waals surface area contributed by atoms with Gasteiger partial charge in [0.15, 0.2) is 11.6 Å². The van der Waals surface area contributed by atoms with Crippen molar-refractivity contribution < 1.29 is 22.1 Å². The smallest absolute Gasteiger partial charge is 0.358 e. The first kappa shape index (κ1) is 18.2. The maximum Gasteiger partial charge on any atom is 0.406 e. The number of hydrogen-bond acceptors (Lipinski definition) is 6. The lowest BCUT2D eigenvalue weighted by Crippen LogP contribution is -2.49. The molecule has 0 aliphatic carbocycles. The molecule has 140 valence electrons. The summed E-state index contributed by atoms with van der Waals surface area (Å²) in [5, 5.41) is 11.1. The molecule has 1 saturated heterocycles. The molecule has 1 aromatic carbocycles. The molecule has 1 aliphatic heterocycles. The summed E-state index contributed by atoms with van der Waals surface area (Å²) >= 11 is 0. The van der Waals surface area contributed by atoms with Gasteiger partial charge in [-0.2, -0.15) is 4.31 Å². The monoisotopic (exact) mass is 387 g/mol. The highest BCUT2D eigenvalue weighted by molar-refractivity contribution is 7.89. The van der Waals surface area contributed by atoms with Gasteiger partial charge >= 0.3 is 5.82 Å². The van der Waals surface area contributed by atoms with E-state index in [1.165, 1.54) is 10.9 Å². The Hall–Kier alpha value is -2.60. The van der Waals surface area contributed by atoms with Crippen LogP contribution in [0.3, 0.4) is 0 Å². The van der Waals surface area contributed by atoms with E-state index in [-0.39, 0.29) is 36.9 Å². The van der Waals surface area contributed by atoms with Gasteiger partial charge in [-0.25, -0.2) is 17.2 Å². The predicted molar refractivity (Wildman–Crippen MR) is 87.2 cm³/mol. The Morgan fingerprint density at radius 3 is 2.38 bits per heavy atom. The highest BCUT2D eigenvalue weighted by Gasteiger charge is 2.33. The number of nitro groups is 1. The van der Waals surface area contributed by atoms with Crippen molar-refractivity contribution in [3.05, 3.63) is 46.3 Å². The van der Waals surface area contributed by atoms with Gasteiger partial charge in [-0.15, -0.1) is 0 Å². The molecule has 0 unspecified atom stereocenters. The molecule has 1 aliphatic rings. The molecule has 2 heterocycles. The Morgan fingerprint density at radius 2 is 1.81 bits per heavy atom. The molecule has 2 aromatic rings. The average molecular weight is 387 g/mol. The second-order valence-corrected chi connectivity index (χ2v) is 7.66. The minimum absolute atomic E-state index is 0.0453. The fraction of sp³-hybridized carbons (Fsp3) is 0.357. The van der Waals surface area contributed by atoms with Gasteiger partial charge in [0.05, 0.1) is 4.90 Å². The SMILES string of the molecule is Cn1cnc([N+](=O)[O-])c1N1CCN(S(=O)(=O)c2ccc(F)c(F)c2)CC1. The van der Waals surface area contributed by atoms with Crippen LogP contribution in [0.2, 0.25) is 0 Å². The van der Waals surface area contributed by atoms with E-state index in [9.17, 15) is 27.3 Å². The molecule has 0 radical (unpaired) electrons. The zero-order chi connectivity index (χ0) is 19.1. The van der Waals surface area contributed by atoms with Crippen molar-refractivity contribution in [3.63, 3.8) is 0 Å². The quantitative estimate of drug-likeness (QED) is 0.576. The van der Waals surface area contributed by atoms with Gasteiger partial charge in [0.25, 0.3) is 0 Å². The summed E-state index contributed by atoms with van der Waals surface area (Å²) < 4.78 is 54.2. The Kier molecular flexibility index (Phi) is 4.63. The molecule has 0 amide bonds. The lowest BCUT2D eigenvalue weighted by atomic mass is 10.3. The number of piperazine rings is 1. The van der Waals surface area contributed by atoms with Crippen molar-refractivity contribution in [2.24, 2.45) is 7.05 Å². The molecule has 1 aromatic heterocycles. The number of sulfonamides is 1. The highest BCUT2D eigenvalue weighted by atomic mass is 32.2. The van der Waals surface area contributed by atoms with E-state index >= 15 is 0 Å². The van der Waals surface area contributed by atoms with Gasteiger partial charge in [0, 0.05) is 33.2 Å². The molecule has 0 N–H and O–H groups in total. The molecule has 9 nitrogen and oxygen atoms in total. The van der Waals surface area contributed by atoms with Crippen molar-refractivity contribution in [1.29, 1.82) is 0 Å². The number of anilines is 1. The summed E-state index contributed by atoms with van der Waals surface area (Å²) in [6, 6.07) is 2.41. The standard InChI is InChI=1S/C14H15F2N5O4S/c1-18-9-17-13(21(22)23)14(18)19-4-6-20(7-5-19)26(24,25)10-2-3-11(15)12(16)8-10/h2-3,8-9H,4-7H2,1H3. The second kappa shape index (κ2) is 6.61. The maximum atomic E-state index is 13.3. The van der Waals surface area contributed by atoms with Crippen LogP contribution in [0.4, 0.5) is 20.4 Å². The number of rotatable bonds is 4. The summed E-state index contributed by atoms with van der Waals surface area (Å²) in [6.07, 6.45) is 1.32. The van der Waals surface area contributed by atoms with Crippen molar-refractivity contribution in [2.75, 3.05) is 31.1 Å². The minimum Gasteiger partial charge on any atom is -0.358 e. The number of nitrogens with zero attached hydrogens (tertiary/aromatic N) is 5. The molecular weight excluding hydrogens is 372 g/mol. The number of aryl methyl sites for hydroxylation is 1. The van der Waals surface area contributed by atoms with E-state index in [0.717, 1.165) is 16.4 Å². The van der Waals surface area contributed by atoms with Gasteiger partial charge in [-0.1, -0.05) is 0 Å². The first-order chi connectivity index (χ1) is 12.2. The molecular formula is C14H15F2N5O4S. The largest absolute Gasteiger partial charge is 0.406 e. The molecule has 0 bridgehead atoms. The van der Waals surface area contributed by atoms with Crippen LogP contribution in [0.15, 0.2) is 29.4 Å². The maximum absolute atomic E-state index is 13.3. The Morgan fingerprint density at radius 1 is 1.15 bits per heavy atom. The summed E-state index contributed by atoms with van der Waals surface area (Å²) in [5.41, 5.74) is 0. The average Bonchev–Trinajstić information content (AvgIpc) is 2.99.